The molecule has 0 saturated carbocycles. The number of fused-ring (bicyclic) bond motifs is 1. The van der Waals surface area contributed by atoms with Gasteiger partial charge >= 0.3 is 0 Å². The average molecular weight is 355 g/mol. The molecule has 0 unspecified atom stereocenters. The van der Waals surface area contributed by atoms with E-state index in [1.54, 1.807) is 4.57 Å². The normalized spacial score (nSPS) is 11.2. The maximum atomic E-state index is 13.4. The monoisotopic (exact) mass is 353 g/mol. The van der Waals surface area contributed by atoms with Gasteiger partial charge in [0.15, 0.2) is 0 Å². The topological polar surface area (TPSA) is 43.8 Å². The Balaban J connectivity index is 2.40. The fourth-order valence-corrected chi connectivity index (χ4v) is 3.20. The van der Waals surface area contributed by atoms with E-state index in [0.717, 1.165) is 16.6 Å². The zero-order valence-corrected chi connectivity index (χ0v) is 12.8. The Morgan fingerprint density at radius 1 is 1.30 bits per heavy atom. The van der Waals surface area contributed by atoms with Gasteiger partial charge in [0.25, 0.3) is 0 Å². The molecule has 0 saturated heterocycles. The van der Waals surface area contributed by atoms with Gasteiger partial charge in [-0.3, -0.25) is 4.57 Å². The van der Waals surface area contributed by atoms with E-state index in [4.69, 9.17) is 17.3 Å². The zero-order chi connectivity index (χ0) is 14.4. The van der Waals surface area contributed by atoms with E-state index in [-0.39, 0.29) is 5.02 Å². The molecule has 3 rings (SSSR count). The van der Waals surface area contributed by atoms with E-state index in [9.17, 15) is 4.39 Å². The minimum absolute atomic E-state index is 0.268. The van der Waals surface area contributed by atoms with Crippen molar-refractivity contribution in [3.63, 3.8) is 0 Å². The highest BCUT2D eigenvalue weighted by Gasteiger charge is 2.16. The molecule has 0 atom stereocenters. The van der Waals surface area contributed by atoms with Crippen LogP contribution in [0.2, 0.25) is 5.02 Å². The maximum absolute atomic E-state index is 13.4. The van der Waals surface area contributed by atoms with Gasteiger partial charge in [-0.05, 0) is 52.7 Å². The van der Waals surface area contributed by atoms with Gasteiger partial charge in [-0.15, -0.1) is 0 Å². The van der Waals surface area contributed by atoms with Crippen LogP contribution in [0.25, 0.3) is 16.7 Å². The lowest BCUT2D eigenvalue weighted by atomic mass is 10.2. The molecule has 0 radical (unpaired) electrons. The molecule has 0 bridgehead atoms. The van der Waals surface area contributed by atoms with Crippen LogP contribution < -0.4 is 5.73 Å². The van der Waals surface area contributed by atoms with Gasteiger partial charge in [0.2, 0.25) is 5.95 Å². The van der Waals surface area contributed by atoms with E-state index in [2.05, 4.69) is 20.9 Å². The third-order valence-corrected chi connectivity index (χ3v) is 3.93. The summed E-state index contributed by atoms with van der Waals surface area (Å²) < 4.78 is 15.6. The van der Waals surface area contributed by atoms with E-state index in [0.29, 0.717) is 16.1 Å². The smallest absolute Gasteiger partial charge is 0.206 e. The molecule has 0 aliphatic rings. The number of aromatic nitrogens is 2. The van der Waals surface area contributed by atoms with E-state index < -0.39 is 5.82 Å². The summed E-state index contributed by atoms with van der Waals surface area (Å²) in [5, 5.41) is 0.268. The van der Waals surface area contributed by atoms with Crippen LogP contribution in [-0.4, -0.2) is 9.55 Å². The van der Waals surface area contributed by atoms with E-state index in [1.807, 2.05) is 25.1 Å². The van der Waals surface area contributed by atoms with Crippen molar-refractivity contribution in [1.82, 2.24) is 9.55 Å². The van der Waals surface area contributed by atoms with Gasteiger partial charge in [-0.1, -0.05) is 17.7 Å². The predicted octanol–water partition coefficient (Wildman–Crippen LogP) is 4.47. The Morgan fingerprint density at radius 2 is 2.05 bits per heavy atom. The summed E-state index contributed by atoms with van der Waals surface area (Å²) in [6.07, 6.45) is 0. The van der Waals surface area contributed by atoms with Crippen LogP contribution in [0.15, 0.2) is 34.8 Å². The fourth-order valence-electron chi connectivity index (χ4n) is 2.19. The maximum Gasteiger partial charge on any atom is 0.206 e. The van der Waals surface area contributed by atoms with Crippen LogP contribution >= 0.6 is 27.5 Å². The summed E-state index contributed by atoms with van der Waals surface area (Å²) in [5.41, 5.74) is 9.24. The Bertz CT molecular complexity index is 806. The SMILES string of the molecule is Cc1ccc2nc(N)n(-c3c(Cl)cc(F)cc3Br)c2c1. The zero-order valence-electron chi connectivity index (χ0n) is 10.5. The summed E-state index contributed by atoms with van der Waals surface area (Å²) in [6.45, 7) is 1.98. The predicted molar refractivity (Wildman–Crippen MR) is 82.9 cm³/mol. The fraction of sp³-hybridized carbons (Fsp3) is 0.0714. The lowest BCUT2D eigenvalue weighted by Gasteiger charge is -2.11. The molecule has 0 aliphatic carbocycles. The first-order valence-electron chi connectivity index (χ1n) is 5.87. The summed E-state index contributed by atoms with van der Waals surface area (Å²) >= 11 is 9.49. The molecule has 0 amide bonds. The van der Waals surface area contributed by atoms with Crippen molar-refractivity contribution >= 4 is 44.5 Å². The van der Waals surface area contributed by atoms with Crippen molar-refractivity contribution < 1.29 is 4.39 Å². The molecule has 3 nitrogen and oxygen atoms in total. The number of hydrogen-bond donors (Lipinski definition) is 1. The minimum Gasteiger partial charge on any atom is -0.369 e. The standard InChI is InChI=1S/C14H10BrClFN3/c1-7-2-3-11-12(4-7)20(14(18)19-11)13-9(15)5-8(17)6-10(13)16/h2-6H,1H3,(H2,18,19). The molecule has 20 heavy (non-hydrogen) atoms. The lowest BCUT2D eigenvalue weighted by Crippen LogP contribution is -2.03. The number of nitrogen functional groups attached to an aromatic ring is 1. The van der Waals surface area contributed by atoms with E-state index >= 15 is 0 Å². The molecule has 0 aliphatic heterocycles. The third kappa shape index (κ3) is 2.07. The average Bonchev–Trinajstić information content (AvgIpc) is 2.65. The van der Waals surface area contributed by atoms with Crippen LogP contribution in [0.4, 0.5) is 10.3 Å². The molecular formula is C14H10BrClFN3. The van der Waals surface area contributed by atoms with Gasteiger partial charge in [0.1, 0.15) is 5.82 Å². The van der Waals surface area contributed by atoms with Crippen molar-refractivity contribution in [2.45, 2.75) is 6.92 Å². The second kappa shape index (κ2) is 4.75. The van der Waals surface area contributed by atoms with Crippen LogP contribution in [0.1, 0.15) is 5.56 Å². The molecular weight excluding hydrogens is 345 g/mol. The largest absolute Gasteiger partial charge is 0.369 e. The number of nitrogens with zero attached hydrogens (tertiary/aromatic N) is 2. The second-order valence-electron chi connectivity index (χ2n) is 4.52. The van der Waals surface area contributed by atoms with Crippen molar-refractivity contribution in [1.29, 1.82) is 0 Å². The van der Waals surface area contributed by atoms with Gasteiger partial charge in [-0.2, -0.15) is 0 Å². The molecule has 1 heterocycles. The highest BCUT2D eigenvalue weighted by atomic mass is 79.9. The van der Waals surface area contributed by atoms with Gasteiger partial charge < -0.3 is 5.73 Å². The quantitative estimate of drug-likeness (QED) is 0.700. The van der Waals surface area contributed by atoms with E-state index in [1.165, 1.54) is 12.1 Å². The van der Waals surface area contributed by atoms with Gasteiger partial charge in [0.05, 0.1) is 21.7 Å². The molecule has 1 aromatic heterocycles. The van der Waals surface area contributed by atoms with Crippen LogP contribution in [0.5, 0.6) is 0 Å². The van der Waals surface area contributed by atoms with Crippen molar-refractivity contribution in [2.75, 3.05) is 5.73 Å². The number of imidazole rings is 1. The first kappa shape index (κ1) is 13.4. The Labute approximate surface area is 128 Å². The van der Waals surface area contributed by atoms with Gasteiger partial charge in [0, 0.05) is 4.47 Å². The minimum atomic E-state index is -0.412. The number of benzene rings is 2. The Hall–Kier alpha value is -1.59. The first-order chi connectivity index (χ1) is 9.47. The Morgan fingerprint density at radius 3 is 2.75 bits per heavy atom. The number of anilines is 1. The number of hydrogen-bond acceptors (Lipinski definition) is 2. The van der Waals surface area contributed by atoms with Crippen molar-refractivity contribution in [3.8, 4) is 5.69 Å². The molecule has 102 valence electrons. The summed E-state index contributed by atoms with van der Waals surface area (Å²) in [7, 11) is 0. The number of aryl methyl sites for hydroxylation is 1. The molecule has 3 aromatic rings. The second-order valence-corrected chi connectivity index (χ2v) is 5.78. The van der Waals surface area contributed by atoms with Crippen LogP contribution in [0, 0.1) is 12.7 Å². The number of halogens is 3. The summed E-state index contributed by atoms with van der Waals surface area (Å²) in [4.78, 5) is 4.30. The number of nitrogens with two attached hydrogens (primary N) is 1. The summed E-state index contributed by atoms with van der Waals surface area (Å²) in [5.74, 6) is -0.107. The molecule has 2 aromatic carbocycles. The Kier molecular flexibility index (Phi) is 3.18. The summed E-state index contributed by atoms with van der Waals surface area (Å²) in [6, 6.07) is 8.42. The highest BCUT2D eigenvalue weighted by Crippen LogP contribution is 2.34. The van der Waals surface area contributed by atoms with Gasteiger partial charge in [-0.25, -0.2) is 9.37 Å². The molecule has 2 N–H and O–H groups in total. The molecule has 0 fully saturated rings. The van der Waals surface area contributed by atoms with Crippen LogP contribution in [0.3, 0.4) is 0 Å². The number of rotatable bonds is 1. The third-order valence-electron chi connectivity index (χ3n) is 3.04. The first-order valence-corrected chi connectivity index (χ1v) is 7.04. The molecule has 0 spiro atoms. The van der Waals surface area contributed by atoms with Crippen molar-refractivity contribution in [3.05, 3.63) is 51.2 Å². The lowest BCUT2D eigenvalue weighted by molar-refractivity contribution is 0.626. The van der Waals surface area contributed by atoms with Crippen molar-refractivity contribution in [2.24, 2.45) is 0 Å². The molecule has 6 heteroatoms. The van der Waals surface area contributed by atoms with Crippen LogP contribution in [-0.2, 0) is 0 Å². The highest BCUT2D eigenvalue weighted by molar-refractivity contribution is 9.10.